The number of methoxy groups -OCH3 is 1. The maximum Gasteiger partial charge on any atom is 0.343 e. The van der Waals surface area contributed by atoms with E-state index in [0.29, 0.717) is 17.0 Å². The second-order valence-corrected chi connectivity index (χ2v) is 7.61. The Morgan fingerprint density at radius 1 is 1.13 bits per heavy atom. The van der Waals surface area contributed by atoms with Crippen molar-refractivity contribution in [3.05, 3.63) is 64.6 Å². The van der Waals surface area contributed by atoms with Crippen molar-refractivity contribution < 1.29 is 28.7 Å². The average Bonchev–Trinajstić information content (AvgIpc) is 3.00. The van der Waals surface area contributed by atoms with E-state index in [1.54, 1.807) is 48.5 Å². The van der Waals surface area contributed by atoms with Crippen molar-refractivity contribution in [3.63, 3.8) is 0 Å². The van der Waals surface area contributed by atoms with Gasteiger partial charge in [-0.3, -0.25) is 19.3 Å². The van der Waals surface area contributed by atoms with E-state index in [2.05, 4.69) is 10.1 Å². The van der Waals surface area contributed by atoms with Gasteiger partial charge in [0.1, 0.15) is 12.3 Å². The van der Waals surface area contributed by atoms with Gasteiger partial charge in [0.2, 0.25) is 5.91 Å². The van der Waals surface area contributed by atoms with Crippen LogP contribution < -0.4 is 10.1 Å². The lowest BCUT2D eigenvalue weighted by Gasteiger charge is -2.12. The highest BCUT2D eigenvalue weighted by molar-refractivity contribution is 8.18. The number of nitrogens with one attached hydrogen (secondary N) is 1. The maximum absolute atomic E-state index is 12.6. The highest BCUT2D eigenvalue weighted by Gasteiger charge is 2.36. The molecule has 0 bridgehead atoms. The number of aryl methyl sites for hydroxylation is 1. The highest BCUT2D eigenvalue weighted by Crippen LogP contribution is 2.32. The number of ether oxygens (including phenoxy) is 2. The number of thioether (sulfide) groups is 1. The summed E-state index contributed by atoms with van der Waals surface area (Å²) in [4.78, 5) is 49.4. The monoisotopic (exact) mass is 440 g/mol. The van der Waals surface area contributed by atoms with Crippen molar-refractivity contribution >= 4 is 46.5 Å². The van der Waals surface area contributed by atoms with E-state index in [0.717, 1.165) is 22.2 Å². The number of carbonyl (C=O) groups excluding carboxylic acids is 4. The van der Waals surface area contributed by atoms with Crippen LogP contribution in [0.3, 0.4) is 0 Å². The Labute approximate surface area is 183 Å². The SMILES string of the molecule is COC(=O)COc1ccc(/C=C2\SC(=O)N(CC(=O)Nc3cccc(C)c3)C2=O)cc1. The van der Waals surface area contributed by atoms with Crippen LogP contribution in [0.25, 0.3) is 6.08 Å². The highest BCUT2D eigenvalue weighted by atomic mass is 32.2. The number of hydrogen-bond acceptors (Lipinski definition) is 7. The van der Waals surface area contributed by atoms with Gasteiger partial charge in [-0.05, 0) is 60.2 Å². The second-order valence-electron chi connectivity index (χ2n) is 6.62. The lowest BCUT2D eigenvalue weighted by molar-refractivity contribution is -0.142. The zero-order valence-corrected chi connectivity index (χ0v) is 17.7. The first-order valence-corrected chi connectivity index (χ1v) is 10.1. The van der Waals surface area contributed by atoms with Crippen molar-refractivity contribution in [1.29, 1.82) is 0 Å². The number of hydrogen-bond donors (Lipinski definition) is 1. The lowest BCUT2D eigenvalue weighted by Crippen LogP contribution is -2.36. The van der Waals surface area contributed by atoms with Gasteiger partial charge >= 0.3 is 5.97 Å². The first-order chi connectivity index (χ1) is 14.9. The molecule has 0 radical (unpaired) electrons. The summed E-state index contributed by atoms with van der Waals surface area (Å²) >= 11 is 0.775. The fraction of sp³-hybridized carbons (Fsp3) is 0.182. The molecule has 3 rings (SSSR count). The molecule has 0 unspecified atom stereocenters. The number of amides is 3. The van der Waals surface area contributed by atoms with Gasteiger partial charge < -0.3 is 14.8 Å². The van der Waals surface area contributed by atoms with Crippen LogP contribution in [0.4, 0.5) is 10.5 Å². The van der Waals surface area contributed by atoms with Crippen LogP contribution in [0.1, 0.15) is 11.1 Å². The van der Waals surface area contributed by atoms with E-state index >= 15 is 0 Å². The van der Waals surface area contributed by atoms with Gasteiger partial charge in [-0.2, -0.15) is 0 Å². The van der Waals surface area contributed by atoms with Gasteiger partial charge in [-0.1, -0.05) is 24.3 Å². The minimum atomic E-state index is -0.527. The molecule has 2 aromatic rings. The molecule has 0 spiro atoms. The molecule has 160 valence electrons. The minimum Gasteiger partial charge on any atom is -0.482 e. The molecule has 1 heterocycles. The van der Waals surface area contributed by atoms with Crippen LogP contribution in [-0.2, 0) is 19.1 Å². The quantitative estimate of drug-likeness (QED) is 0.521. The molecule has 1 N–H and O–H groups in total. The predicted octanol–water partition coefficient (Wildman–Crippen LogP) is 3.22. The Kier molecular flexibility index (Phi) is 7.09. The summed E-state index contributed by atoms with van der Waals surface area (Å²) in [5, 5.41) is 2.18. The van der Waals surface area contributed by atoms with Gasteiger partial charge in [-0.15, -0.1) is 0 Å². The third-order valence-electron chi connectivity index (χ3n) is 4.24. The first-order valence-electron chi connectivity index (χ1n) is 9.27. The molecule has 1 aliphatic rings. The largest absolute Gasteiger partial charge is 0.482 e. The normalized spacial score (nSPS) is 14.6. The standard InChI is InChI=1S/C22H20N2O6S/c1-14-4-3-5-16(10-14)23-19(25)12-24-21(27)18(31-22(24)28)11-15-6-8-17(9-7-15)30-13-20(26)29-2/h3-11H,12-13H2,1-2H3,(H,23,25)/b18-11-. The summed E-state index contributed by atoms with van der Waals surface area (Å²) in [5.41, 5.74) is 2.25. The molecular weight excluding hydrogens is 420 g/mol. The van der Waals surface area contributed by atoms with Crippen molar-refractivity contribution in [3.8, 4) is 5.75 Å². The summed E-state index contributed by atoms with van der Waals surface area (Å²) in [6.07, 6.45) is 1.56. The minimum absolute atomic E-state index is 0.209. The number of carbonyl (C=O) groups is 4. The maximum atomic E-state index is 12.6. The zero-order chi connectivity index (χ0) is 22.4. The molecule has 1 saturated heterocycles. The number of esters is 1. The predicted molar refractivity (Wildman–Crippen MR) is 116 cm³/mol. The summed E-state index contributed by atoms with van der Waals surface area (Å²) in [7, 11) is 1.27. The molecule has 1 aliphatic heterocycles. The van der Waals surface area contributed by atoms with E-state index in [4.69, 9.17) is 4.74 Å². The van der Waals surface area contributed by atoms with Crippen molar-refractivity contribution in [2.45, 2.75) is 6.92 Å². The Bertz CT molecular complexity index is 1050. The topological polar surface area (TPSA) is 102 Å². The summed E-state index contributed by atoms with van der Waals surface area (Å²) in [5.74, 6) is -1.02. The van der Waals surface area contributed by atoms with Crippen LogP contribution in [0, 0.1) is 6.92 Å². The van der Waals surface area contributed by atoms with Crippen molar-refractivity contribution in [2.24, 2.45) is 0 Å². The van der Waals surface area contributed by atoms with Crippen LogP contribution >= 0.6 is 11.8 Å². The van der Waals surface area contributed by atoms with E-state index in [1.165, 1.54) is 7.11 Å². The molecular formula is C22H20N2O6S. The van der Waals surface area contributed by atoms with Gasteiger partial charge in [0, 0.05) is 5.69 Å². The van der Waals surface area contributed by atoms with Gasteiger partial charge in [0.25, 0.3) is 11.1 Å². The van der Waals surface area contributed by atoms with Crippen molar-refractivity contribution in [1.82, 2.24) is 4.90 Å². The molecule has 1 fully saturated rings. The van der Waals surface area contributed by atoms with Gasteiger partial charge in [-0.25, -0.2) is 4.79 Å². The number of rotatable bonds is 7. The van der Waals surface area contributed by atoms with E-state index in [1.807, 2.05) is 13.0 Å². The number of anilines is 1. The molecule has 2 aromatic carbocycles. The Balaban J connectivity index is 1.62. The number of benzene rings is 2. The smallest absolute Gasteiger partial charge is 0.343 e. The lowest BCUT2D eigenvalue weighted by atomic mass is 10.2. The molecule has 0 atom stereocenters. The number of nitrogens with zero attached hydrogens (tertiary/aromatic N) is 1. The number of imide groups is 1. The van der Waals surface area contributed by atoms with E-state index in [-0.39, 0.29) is 18.1 Å². The molecule has 3 amide bonds. The fourth-order valence-electron chi connectivity index (χ4n) is 2.72. The molecule has 31 heavy (non-hydrogen) atoms. The molecule has 9 heteroatoms. The Morgan fingerprint density at radius 2 is 1.87 bits per heavy atom. The van der Waals surface area contributed by atoms with Gasteiger partial charge in [0.15, 0.2) is 6.61 Å². The average molecular weight is 440 g/mol. The van der Waals surface area contributed by atoms with E-state index < -0.39 is 23.0 Å². The fourth-order valence-corrected chi connectivity index (χ4v) is 3.55. The molecule has 8 nitrogen and oxygen atoms in total. The third kappa shape index (κ3) is 5.95. The van der Waals surface area contributed by atoms with Crippen LogP contribution in [-0.4, -0.2) is 48.2 Å². The summed E-state index contributed by atoms with van der Waals surface area (Å²) < 4.78 is 9.77. The molecule has 0 saturated carbocycles. The zero-order valence-electron chi connectivity index (χ0n) is 16.9. The third-order valence-corrected chi connectivity index (χ3v) is 5.15. The van der Waals surface area contributed by atoms with Gasteiger partial charge in [0.05, 0.1) is 12.0 Å². The summed E-state index contributed by atoms with van der Waals surface area (Å²) in [6, 6.07) is 13.9. The van der Waals surface area contributed by atoms with Crippen LogP contribution in [0.5, 0.6) is 5.75 Å². The Morgan fingerprint density at radius 3 is 2.55 bits per heavy atom. The first kappa shape index (κ1) is 22.1. The Hall–Kier alpha value is -3.59. The van der Waals surface area contributed by atoms with Crippen LogP contribution in [0.2, 0.25) is 0 Å². The van der Waals surface area contributed by atoms with Crippen molar-refractivity contribution in [2.75, 3.05) is 25.6 Å². The molecule has 0 aromatic heterocycles. The summed E-state index contributed by atoms with van der Waals surface area (Å²) in [6.45, 7) is 1.32. The second kappa shape index (κ2) is 9.94. The molecule has 0 aliphatic carbocycles. The van der Waals surface area contributed by atoms with Crippen LogP contribution in [0.15, 0.2) is 53.4 Å². The van der Waals surface area contributed by atoms with E-state index in [9.17, 15) is 19.2 Å².